The SMILES string of the molecule is COc1cnc(COc2nc(N/N=C/c3cccc(C)c3)cc(N3CCOCC3)n2)nc1.Cc1cccc(/C=N/Nc2cc(N3CCOCC3)nc(OCc3nc4ccccc4c(=O)[nH]3)n2)c1.Cc1cccc(/C=N/Nc2cc(N3CCOCC3)nc(Oc3ccc4nc(C)ccc4c3)n2)c1.Cc1cccc(/C=N/Nc2cc(N3CCOCC3)nc(Oc3ccc4nccc(Cl)c4c3)n2)c1. The number of nitrogens with one attached hydrogen (secondary N) is 5. The Morgan fingerprint density at radius 1 is 0.385 bits per heavy atom. The van der Waals surface area contributed by atoms with Gasteiger partial charge in [-0.25, -0.2) is 15.0 Å². The summed E-state index contributed by atoms with van der Waals surface area (Å²) in [5.74, 6) is 7.70. The Morgan fingerprint density at radius 3 is 1.23 bits per heavy atom. The van der Waals surface area contributed by atoms with Gasteiger partial charge >= 0.3 is 24.0 Å². The van der Waals surface area contributed by atoms with Crippen molar-refractivity contribution in [3.05, 3.63) is 296 Å². The fraction of sp³-hybridized carbons (Fsp3) is 0.245. The zero-order chi connectivity index (χ0) is 92.9. The van der Waals surface area contributed by atoms with Crippen molar-refractivity contribution in [1.82, 2.24) is 69.8 Å². The lowest BCUT2D eigenvalue weighted by Crippen LogP contribution is -2.36. The highest BCUT2D eigenvalue weighted by atomic mass is 35.5. The van der Waals surface area contributed by atoms with Gasteiger partial charge < -0.3 is 67.2 Å². The fourth-order valence-electron chi connectivity index (χ4n) is 14.2. The number of pyridine rings is 2. The molecule has 12 heterocycles. The minimum atomic E-state index is -0.218. The van der Waals surface area contributed by atoms with E-state index in [1.165, 1.54) is 16.7 Å². The molecule has 0 saturated carbocycles. The molecule has 4 aliphatic rings. The second kappa shape index (κ2) is 46.3. The molecule has 0 atom stereocenters. The number of methoxy groups -OCH3 is 1. The number of aryl methyl sites for hydroxylation is 5. The standard InChI is InChI=1S/C26H26N6O2.C25H23ClN6O2.C25H25N7O3.C22H25N7O3/c1-18-4-3-5-20(14-18)17-27-31-24-16-25(32-10-12-33-13-11-32)30-26(29-24)34-22-8-9-23-21(15-22)7-6-19(2)28-23;1-17-3-2-4-18(13-17)16-28-31-23-15-24(32-9-11-33-12-10-32)30-25(29-23)34-19-5-6-22-20(14-19)21(26)7-8-27-22;1-17-5-4-6-18(13-17)15-26-31-21-14-23(32-9-11-34-12-10-32)30-25(29-21)35-16-22-27-20-8-3-2-7-19(20)24(33)28-22;1-16-4-3-5-17(10-16)12-25-28-19-11-21(29-6-8-31-9-7-29)27-22(26-19)32-15-20-23-13-18(30-2)14-24-20/h3-9,14-17H,10-13H2,1-2H3,(H,29,30,31);2-8,13-16H,9-12H2,1H3,(H,29,30,31);2-8,13-15H,9-12,16H2,1H3,(H,27,28,33)(H,29,30,31);3-5,10-14H,6-9,15H2,1-2H3,(H,26,27,28)/b27-17+;28-16+;26-15+;25-12+. The highest BCUT2D eigenvalue weighted by molar-refractivity contribution is 6.35. The van der Waals surface area contributed by atoms with Crippen molar-refractivity contribution >= 4 is 116 Å². The molecule has 135 heavy (non-hydrogen) atoms. The van der Waals surface area contributed by atoms with Crippen molar-refractivity contribution in [2.75, 3.05) is 154 Å². The lowest BCUT2D eigenvalue weighted by atomic mass is 10.2. The molecular formula is C98H99ClN26O10. The minimum absolute atomic E-state index is 0.0125. The molecule has 688 valence electrons. The van der Waals surface area contributed by atoms with Gasteiger partial charge in [-0.2, -0.15) is 60.3 Å². The molecule has 0 aliphatic carbocycles. The third-order valence-electron chi connectivity index (χ3n) is 21.0. The van der Waals surface area contributed by atoms with E-state index in [-0.39, 0.29) is 42.8 Å². The zero-order valence-corrected chi connectivity index (χ0v) is 75.9. The lowest BCUT2D eigenvalue weighted by molar-refractivity contribution is 0.122. The summed E-state index contributed by atoms with van der Waals surface area (Å²) in [6, 6.07) is 64.7. The topological polar surface area (TPSA) is 394 Å². The van der Waals surface area contributed by atoms with E-state index < -0.39 is 0 Å². The number of benzene rings is 7. The number of aromatic amines is 1. The summed E-state index contributed by atoms with van der Waals surface area (Å²) in [4.78, 5) is 81.7. The van der Waals surface area contributed by atoms with Crippen LogP contribution >= 0.6 is 11.6 Å². The number of rotatable bonds is 27. The molecule has 15 aromatic rings. The molecular weight excluding hydrogens is 1740 g/mol. The number of para-hydroxylation sites is 1. The molecule has 7 aromatic carbocycles. The predicted molar refractivity (Wildman–Crippen MR) is 523 cm³/mol. The van der Waals surface area contributed by atoms with Crippen molar-refractivity contribution in [2.45, 2.75) is 47.8 Å². The van der Waals surface area contributed by atoms with Crippen LogP contribution in [0.25, 0.3) is 32.7 Å². The molecule has 0 radical (unpaired) electrons. The second-order valence-corrected chi connectivity index (χ2v) is 31.6. The number of hydrogen-bond donors (Lipinski definition) is 5. The third kappa shape index (κ3) is 27.2. The van der Waals surface area contributed by atoms with Gasteiger partial charge in [0, 0.05) is 99.3 Å². The molecule has 8 aromatic heterocycles. The Morgan fingerprint density at radius 2 is 0.793 bits per heavy atom. The van der Waals surface area contributed by atoms with Gasteiger partial charge in [0.25, 0.3) is 5.56 Å². The van der Waals surface area contributed by atoms with E-state index in [1.807, 2.05) is 185 Å². The monoisotopic (exact) mass is 1830 g/mol. The van der Waals surface area contributed by atoms with Crippen LogP contribution in [0.3, 0.4) is 0 Å². The van der Waals surface area contributed by atoms with Crippen molar-refractivity contribution in [3.8, 4) is 41.3 Å². The molecule has 0 spiro atoms. The van der Waals surface area contributed by atoms with E-state index in [1.54, 1.807) is 74.8 Å². The van der Waals surface area contributed by atoms with Crippen LogP contribution < -0.4 is 70.5 Å². The maximum Gasteiger partial charge on any atom is 0.325 e. The second-order valence-electron chi connectivity index (χ2n) is 31.2. The minimum Gasteiger partial charge on any atom is -0.494 e. The summed E-state index contributed by atoms with van der Waals surface area (Å²) in [6.07, 6.45) is 11.8. The van der Waals surface area contributed by atoms with Crippen molar-refractivity contribution < 1.29 is 42.6 Å². The zero-order valence-electron chi connectivity index (χ0n) is 75.2. The highest BCUT2D eigenvalue weighted by Gasteiger charge is 2.23. The van der Waals surface area contributed by atoms with Gasteiger partial charge in [0.15, 0.2) is 41.5 Å². The normalized spacial score (nSPS) is 13.9. The average molecular weight is 1840 g/mol. The molecule has 19 rings (SSSR count). The van der Waals surface area contributed by atoms with Gasteiger partial charge in [0.2, 0.25) is 0 Å². The summed E-state index contributed by atoms with van der Waals surface area (Å²) in [7, 11) is 1.57. The number of fused-ring (bicyclic) bond motifs is 3. The molecule has 37 heteroatoms. The van der Waals surface area contributed by atoms with Gasteiger partial charge in [0.05, 0.1) is 124 Å². The lowest BCUT2D eigenvalue weighted by Gasteiger charge is -2.28. The third-order valence-corrected chi connectivity index (χ3v) is 21.3. The Kier molecular flexibility index (Phi) is 31.7. The Balaban J connectivity index is 0.000000131. The Hall–Kier alpha value is -15.9. The van der Waals surface area contributed by atoms with Gasteiger partial charge in [0.1, 0.15) is 47.2 Å². The number of morpholine rings is 4. The van der Waals surface area contributed by atoms with Crippen LogP contribution in [0.4, 0.5) is 46.5 Å². The van der Waals surface area contributed by atoms with Crippen LogP contribution in [0.1, 0.15) is 61.9 Å². The molecule has 4 saturated heterocycles. The van der Waals surface area contributed by atoms with Crippen LogP contribution in [0.2, 0.25) is 5.02 Å². The van der Waals surface area contributed by atoms with Crippen LogP contribution in [0.15, 0.2) is 244 Å². The number of anilines is 8. The maximum absolute atomic E-state index is 12.4. The largest absolute Gasteiger partial charge is 0.494 e. The predicted octanol–water partition coefficient (Wildman–Crippen LogP) is 15.1. The molecule has 5 N–H and O–H groups in total. The van der Waals surface area contributed by atoms with Gasteiger partial charge in [-0.05, 0) is 118 Å². The number of ether oxygens (including phenoxy) is 9. The highest BCUT2D eigenvalue weighted by Crippen LogP contribution is 2.33. The van der Waals surface area contributed by atoms with Gasteiger partial charge in [-0.3, -0.25) is 36.5 Å². The van der Waals surface area contributed by atoms with Crippen LogP contribution in [-0.2, 0) is 32.2 Å². The number of nitrogens with zero attached hydrogens (tertiary/aromatic N) is 21. The first kappa shape index (κ1) is 92.4. The van der Waals surface area contributed by atoms with E-state index in [0.29, 0.717) is 140 Å². The van der Waals surface area contributed by atoms with Gasteiger partial charge in [-0.1, -0.05) is 149 Å². The first-order chi connectivity index (χ1) is 66.1. The van der Waals surface area contributed by atoms with E-state index >= 15 is 0 Å². The van der Waals surface area contributed by atoms with Crippen LogP contribution in [0.5, 0.6) is 41.3 Å². The maximum atomic E-state index is 12.4. The summed E-state index contributed by atoms with van der Waals surface area (Å²) < 4.78 is 50.7. The molecule has 0 bridgehead atoms. The van der Waals surface area contributed by atoms with Crippen LogP contribution in [0, 0.1) is 34.6 Å². The summed E-state index contributed by atoms with van der Waals surface area (Å²) in [5, 5.41) is 20.3. The number of hydrazone groups is 4. The van der Waals surface area contributed by atoms with E-state index in [4.69, 9.17) is 54.2 Å². The smallest absolute Gasteiger partial charge is 0.325 e. The average Bonchev–Trinajstić information content (AvgIpc) is 0.802. The molecule has 4 fully saturated rings. The first-order valence-corrected chi connectivity index (χ1v) is 44.1. The molecule has 0 amide bonds. The van der Waals surface area contributed by atoms with E-state index in [2.05, 4.69) is 157 Å². The van der Waals surface area contributed by atoms with Gasteiger partial charge in [-0.15, -0.1) is 0 Å². The number of aromatic nitrogens is 14. The van der Waals surface area contributed by atoms with Crippen molar-refractivity contribution in [1.29, 1.82) is 0 Å². The summed E-state index contributed by atoms with van der Waals surface area (Å²) in [6.45, 7) is 21.3. The number of halogens is 1. The van der Waals surface area contributed by atoms with E-state index in [0.717, 1.165) is 112 Å². The molecule has 0 unspecified atom stereocenters. The van der Waals surface area contributed by atoms with E-state index in [9.17, 15) is 4.79 Å². The van der Waals surface area contributed by atoms with Crippen molar-refractivity contribution in [3.63, 3.8) is 0 Å². The Labute approximate surface area is 783 Å². The summed E-state index contributed by atoms with van der Waals surface area (Å²) in [5.41, 5.74) is 23.7. The van der Waals surface area contributed by atoms with Crippen molar-refractivity contribution in [2.24, 2.45) is 20.4 Å². The fourth-order valence-corrected chi connectivity index (χ4v) is 14.4. The molecule has 36 nitrogen and oxygen atoms in total. The summed E-state index contributed by atoms with van der Waals surface area (Å²) >= 11 is 6.33. The number of H-pyrrole nitrogens is 1. The first-order valence-electron chi connectivity index (χ1n) is 43.8. The van der Waals surface area contributed by atoms with Crippen LogP contribution in [-0.4, -0.2) is 207 Å². The Bertz CT molecular complexity index is 6730. The quantitative estimate of drug-likeness (QED) is 0.0236. The number of hydrogen-bond acceptors (Lipinski definition) is 35. The molecule has 4 aliphatic heterocycles.